The zero-order chi connectivity index (χ0) is 13.9. The lowest BCUT2D eigenvalue weighted by molar-refractivity contribution is 0.182. The molecule has 1 aliphatic rings. The zero-order valence-corrected chi connectivity index (χ0v) is 11.9. The fourth-order valence-electron chi connectivity index (χ4n) is 2.83. The maximum atomic E-state index is 9.26. The van der Waals surface area contributed by atoms with E-state index in [0.29, 0.717) is 6.04 Å². The largest absolute Gasteiger partial charge is 0.496 e. The summed E-state index contributed by atoms with van der Waals surface area (Å²) in [6.45, 7) is 1.79. The molecule has 0 aliphatic heterocycles. The highest BCUT2D eigenvalue weighted by Crippen LogP contribution is 2.33. The predicted octanol–water partition coefficient (Wildman–Crippen LogP) is 2.81. The van der Waals surface area contributed by atoms with Gasteiger partial charge in [-0.1, -0.05) is 30.3 Å². The van der Waals surface area contributed by atoms with E-state index >= 15 is 0 Å². The zero-order valence-electron chi connectivity index (χ0n) is 11.9. The van der Waals surface area contributed by atoms with Crippen LogP contribution < -0.4 is 4.74 Å². The minimum Gasteiger partial charge on any atom is -0.496 e. The first-order valence-corrected chi connectivity index (χ1v) is 7.23. The van der Waals surface area contributed by atoms with E-state index in [1.54, 1.807) is 7.11 Å². The number of aliphatic hydroxyl groups excluding tert-OH is 1. The van der Waals surface area contributed by atoms with Crippen LogP contribution in [-0.4, -0.2) is 36.3 Å². The number of aliphatic hydroxyl groups is 1. The van der Waals surface area contributed by atoms with Crippen molar-refractivity contribution in [3.05, 3.63) is 42.0 Å². The monoisotopic (exact) mass is 271 g/mol. The van der Waals surface area contributed by atoms with Crippen LogP contribution in [0.2, 0.25) is 0 Å². The number of benzene rings is 2. The molecule has 1 saturated carbocycles. The number of ether oxygens (including phenoxy) is 1. The van der Waals surface area contributed by atoms with Gasteiger partial charge in [0.1, 0.15) is 5.75 Å². The van der Waals surface area contributed by atoms with E-state index in [9.17, 15) is 5.11 Å². The summed E-state index contributed by atoms with van der Waals surface area (Å²) in [5.74, 6) is 0.937. The molecule has 3 rings (SSSR count). The first kappa shape index (κ1) is 13.4. The molecule has 106 valence electrons. The summed E-state index contributed by atoms with van der Waals surface area (Å²) in [6, 6.07) is 13.2. The highest BCUT2D eigenvalue weighted by atomic mass is 16.5. The van der Waals surface area contributed by atoms with Crippen molar-refractivity contribution in [3.63, 3.8) is 0 Å². The van der Waals surface area contributed by atoms with E-state index in [1.807, 2.05) is 6.07 Å². The van der Waals surface area contributed by atoms with Gasteiger partial charge in [0.15, 0.2) is 0 Å². The number of nitrogens with zero attached hydrogens (tertiary/aromatic N) is 1. The summed E-state index contributed by atoms with van der Waals surface area (Å²) in [6.07, 6.45) is 2.49. The van der Waals surface area contributed by atoms with E-state index < -0.39 is 0 Å². The third-order valence-electron chi connectivity index (χ3n) is 4.03. The Hall–Kier alpha value is -1.58. The second kappa shape index (κ2) is 5.81. The summed E-state index contributed by atoms with van der Waals surface area (Å²) in [7, 11) is 1.72. The van der Waals surface area contributed by atoms with E-state index in [-0.39, 0.29) is 6.61 Å². The Labute approximate surface area is 119 Å². The molecule has 0 heterocycles. The normalized spacial score (nSPS) is 14.9. The Morgan fingerprint density at radius 3 is 2.70 bits per heavy atom. The SMILES string of the molecule is COc1ccc2ccccc2c1CN(CCO)C1CC1. The molecule has 2 aromatic carbocycles. The summed E-state index contributed by atoms with van der Waals surface area (Å²) in [5.41, 5.74) is 1.23. The average Bonchev–Trinajstić information content (AvgIpc) is 3.31. The van der Waals surface area contributed by atoms with Crippen molar-refractivity contribution in [2.24, 2.45) is 0 Å². The summed E-state index contributed by atoms with van der Waals surface area (Å²) < 4.78 is 5.54. The molecule has 0 amide bonds. The highest BCUT2D eigenvalue weighted by molar-refractivity contribution is 5.87. The Bertz CT molecular complexity index is 593. The molecule has 0 bridgehead atoms. The fourth-order valence-corrected chi connectivity index (χ4v) is 2.83. The van der Waals surface area contributed by atoms with Gasteiger partial charge in [0.25, 0.3) is 0 Å². The quantitative estimate of drug-likeness (QED) is 0.877. The van der Waals surface area contributed by atoms with Crippen molar-refractivity contribution in [3.8, 4) is 5.75 Å². The van der Waals surface area contributed by atoms with Crippen LogP contribution in [0.3, 0.4) is 0 Å². The molecule has 2 aromatic rings. The van der Waals surface area contributed by atoms with Gasteiger partial charge in [0, 0.05) is 24.7 Å². The first-order valence-electron chi connectivity index (χ1n) is 7.23. The molecule has 1 fully saturated rings. The van der Waals surface area contributed by atoms with Crippen molar-refractivity contribution >= 4 is 10.8 Å². The third kappa shape index (κ3) is 2.65. The van der Waals surface area contributed by atoms with Crippen LogP contribution in [0.1, 0.15) is 18.4 Å². The Balaban J connectivity index is 1.99. The minimum atomic E-state index is 0.212. The van der Waals surface area contributed by atoms with E-state index in [0.717, 1.165) is 18.8 Å². The molecule has 3 nitrogen and oxygen atoms in total. The van der Waals surface area contributed by atoms with E-state index in [2.05, 4.69) is 35.2 Å². The van der Waals surface area contributed by atoms with Crippen molar-refractivity contribution in [1.29, 1.82) is 0 Å². The first-order chi connectivity index (χ1) is 9.83. The van der Waals surface area contributed by atoms with Crippen LogP contribution in [0, 0.1) is 0 Å². The number of hydrogen-bond donors (Lipinski definition) is 1. The van der Waals surface area contributed by atoms with Gasteiger partial charge in [0.05, 0.1) is 13.7 Å². The van der Waals surface area contributed by atoms with Crippen LogP contribution in [0.15, 0.2) is 36.4 Å². The molecule has 0 radical (unpaired) electrons. The number of methoxy groups -OCH3 is 1. The molecule has 1 N–H and O–H groups in total. The van der Waals surface area contributed by atoms with Crippen LogP contribution in [0.25, 0.3) is 10.8 Å². The smallest absolute Gasteiger partial charge is 0.123 e. The third-order valence-corrected chi connectivity index (χ3v) is 4.03. The van der Waals surface area contributed by atoms with Gasteiger partial charge >= 0.3 is 0 Å². The molecule has 3 heteroatoms. The van der Waals surface area contributed by atoms with Gasteiger partial charge < -0.3 is 9.84 Å². The lowest BCUT2D eigenvalue weighted by atomic mass is 10.0. The maximum Gasteiger partial charge on any atom is 0.123 e. The van der Waals surface area contributed by atoms with Gasteiger partial charge in [-0.05, 0) is 29.7 Å². The van der Waals surface area contributed by atoms with Gasteiger partial charge in [-0.2, -0.15) is 0 Å². The van der Waals surface area contributed by atoms with Crippen LogP contribution in [-0.2, 0) is 6.54 Å². The van der Waals surface area contributed by atoms with Crippen molar-refractivity contribution in [2.75, 3.05) is 20.3 Å². The fraction of sp³-hybridized carbons (Fsp3) is 0.412. The summed E-state index contributed by atoms with van der Waals surface area (Å²) >= 11 is 0. The summed E-state index contributed by atoms with van der Waals surface area (Å²) in [5, 5.41) is 11.7. The lowest BCUT2D eigenvalue weighted by Crippen LogP contribution is -2.28. The minimum absolute atomic E-state index is 0.212. The molecule has 20 heavy (non-hydrogen) atoms. The van der Waals surface area contributed by atoms with Gasteiger partial charge in [0.2, 0.25) is 0 Å². The van der Waals surface area contributed by atoms with Crippen molar-refractivity contribution in [1.82, 2.24) is 4.90 Å². The standard InChI is InChI=1S/C17H21NO2/c1-20-17-9-6-13-4-2-3-5-15(13)16(17)12-18(10-11-19)14-7-8-14/h2-6,9,14,19H,7-8,10-12H2,1H3. The molecule has 0 atom stereocenters. The Kier molecular flexibility index (Phi) is 3.90. The molecule has 1 aliphatic carbocycles. The molecule has 0 unspecified atom stereocenters. The van der Waals surface area contributed by atoms with Crippen LogP contribution in [0.4, 0.5) is 0 Å². The van der Waals surface area contributed by atoms with E-state index in [1.165, 1.54) is 29.2 Å². The molecular formula is C17H21NO2. The number of fused-ring (bicyclic) bond motifs is 1. The molecule has 0 saturated heterocycles. The number of hydrogen-bond acceptors (Lipinski definition) is 3. The maximum absolute atomic E-state index is 9.26. The number of rotatable bonds is 6. The second-order valence-electron chi connectivity index (χ2n) is 5.39. The highest BCUT2D eigenvalue weighted by Gasteiger charge is 2.29. The van der Waals surface area contributed by atoms with Crippen LogP contribution in [0.5, 0.6) is 5.75 Å². The predicted molar refractivity (Wildman–Crippen MR) is 81.0 cm³/mol. The van der Waals surface area contributed by atoms with Gasteiger partial charge in [-0.3, -0.25) is 4.90 Å². The van der Waals surface area contributed by atoms with Crippen molar-refractivity contribution < 1.29 is 9.84 Å². The van der Waals surface area contributed by atoms with Gasteiger partial charge in [-0.25, -0.2) is 0 Å². The average molecular weight is 271 g/mol. The molecule has 0 aromatic heterocycles. The lowest BCUT2D eigenvalue weighted by Gasteiger charge is -2.23. The van der Waals surface area contributed by atoms with Crippen molar-refractivity contribution in [2.45, 2.75) is 25.4 Å². The van der Waals surface area contributed by atoms with E-state index in [4.69, 9.17) is 4.74 Å². The van der Waals surface area contributed by atoms with Crippen LogP contribution >= 0.6 is 0 Å². The Morgan fingerprint density at radius 1 is 1.20 bits per heavy atom. The van der Waals surface area contributed by atoms with Gasteiger partial charge in [-0.15, -0.1) is 0 Å². The molecular weight excluding hydrogens is 250 g/mol. The Morgan fingerprint density at radius 2 is 2.00 bits per heavy atom. The second-order valence-corrected chi connectivity index (χ2v) is 5.39. The summed E-state index contributed by atoms with van der Waals surface area (Å²) in [4.78, 5) is 2.37. The molecule has 0 spiro atoms. The topological polar surface area (TPSA) is 32.7 Å².